The predicted octanol–water partition coefficient (Wildman–Crippen LogP) is 0.828. The Balaban J connectivity index is 2.67. The van der Waals surface area contributed by atoms with Crippen LogP contribution in [0.4, 0.5) is 5.69 Å². The van der Waals surface area contributed by atoms with Gasteiger partial charge >= 0.3 is 0 Å². The number of nitrogens with two attached hydrogens (primary N) is 1. The maximum Gasteiger partial charge on any atom is 0.124 e. The fourth-order valence-corrected chi connectivity index (χ4v) is 2.68. The molecule has 2 aromatic rings. The second-order valence-electron chi connectivity index (χ2n) is 3.71. The molecule has 0 aromatic heterocycles. The van der Waals surface area contributed by atoms with E-state index < -0.39 is 20.8 Å². The number of fused-ring (bicyclic) bond motifs is 1. The Bertz CT molecular complexity index is 760. The Kier molecular flexibility index (Phi) is 4.04. The van der Waals surface area contributed by atoms with Gasteiger partial charge in [0.1, 0.15) is 10.1 Å². The SMILES string of the molecule is Nc1cc(S(=O)(=O)[O-])cc2cc(SOOO)cc([O-])c12. The van der Waals surface area contributed by atoms with Crippen molar-refractivity contribution in [2.75, 3.05) is 5.73 Å². The minimum atomic E-state index is -4.69. The van der Waals surface area contributed by atoms with E-state index in [1.807, 2.05) is 0 Å². The van der Waals surface area contributed by atoms with Gasteiger partial charge in [0.2, 0.25) is 0 Å². The van der Waals surface area contributed by atoms with Crippen molar-refractivity contribution in [2.24, 2.45) is 0 Å². The van der Waals surface area contributed by atoms with E-state index in [1.165, 1.54) is 6.07 Å². The van der Waals surface area contributed by atoms with Crippen molar-refractivity contribution in [3.63, 3.8) is 0 Å². The van der Waals surface area contributed by atoms with Gasteiger partial charge in [-0.2, -0.15) is 0 Å². The third kappa shape index (κ3) is 2.95. The van der Waals surface area contributed by atoms with Crippen molar-refractivity contribution in [2.45, 2.75) is 9.79 Å². The van der Waals surface area contributed by atoms with Gasteiger partial charge in [-0.05, 0) is 29.0 Å². The molecule has 0 atom stereocenters. The van der Waals surface area contributed by atoms with Crippen LogP contribution >= 0.6 is 12.0 Å². The van der Waals surface area contributed by atoms with Crippen LogP contribution in [0.2, 0.25) is 0 Å². The van der Waals surface area contributed by atoms with E-state index in [0.29, 0.717) is 12.0 Å². The van der Waals surface area contributed by atoms with Crippen molar-refractivity contribution in [1.29, 1.82) is 0 Å². The summed E-state index contributed by atoms with van der Waals surface area (Å²) in [5.41, 5.74) is 5.49. The van der Waals surface area contributed by atoms with Crippen molar-refractivity contribution >= 4 is 38.6 Å². The summed E-state index contributed by atoms with van der Waals surface area (Å²) in [5, 5.41) is 23.6. The van der Waals surface area contributed by atoms with E-state index in [9.17, 15) is 18.1 Å². The third-order valence-electron chi connectivity index (χ3n) is 2.44. The average molecular weight is 317 g/mol. The summed E-state index contributed by atoms with van der Waals surface area (Å²) in [4.78, 5) is -0.306. The monoisotopic (exact) mass is 317 g/mol. The molecule has 0 saturated carbocycles. The molecule has 0 amide bonds. The first-order valence-electron chi connectivity index (χ1n) is 4.98. The summed E-state index contributed by atoms with van der Waals surface area (Å²) in [5.74, 6) is -0.487. The second-order valence-corrected chi connectivity index (χ2v) is 5.87. The van der Waals surface area contributed by atoms with Gasteiger partial charge < -0.3 is 15.4 Å². The second kappa shape index (κ2) is 5.44. The summed E-state index contributed by atoms with van der Waals surface area (Å²) >= 11 is 0.528. The van der Waals surface area contributed by atoms with E-state index >= 15 is 0 Å². The normalized spacial score (nSPS) is 11.9. The zero-order chi connectivity index (χ0) is 14.9. The van der Waals surface area contributed by atoms with E-state index in [4.69, 9.17) is 11.0 Å². The number of hydrogen-bond donors (Lipinski definition) is 2. The first-order chi connectivity index (χ1) is 9.32. The molecule has 0 fully saturated rings. The molecule has 0 saturated heterocycles. The number of anilines is 1. The quantitative estimate of drug-likeness (QED) is 0.275. The molecular weight excluding hydrogens is 310 g/mol. The lowest BCUT2D eigenvalue weighted by atomic mass is 10.1. The highest BCUT2D eigenvalue weighted by Gasteiger charge is 2.09. The Hall–Kier alpha value is -1.56. The van der Waals surface area contributed by atoms with Gasteiger partial charge in [-0.1, -0.05) is 16.9 Å². The lowest BCUT2D eigenvalue weighted by Gasteiger charge is -2.16. The average Bonchev–Trinajstić information content (AvgIpc) is 2.34. The van der Waals surface area contributed by atoms with Gasteiger partial charge in [-0.25, -0.2) is 13.7 Å². The maximum absolute atomic E-state index is 11.9. The first kappa shape index (κ1) is 14.8. The molecule has 0 unspecified atom stereocenters. The topological polar surface area (TPSA) is 145 Å². The molecule has 0 aliphatic heterocycles. The number of rotatable bonds is 4. The Morgan fingerprint density at radius 3 is 2.55 bits per heavy atom. The Labute approximate surface area is 117 Å². The van der Waals surface area contributed by atoms with E-state index in [0.717, 1.165) is 18.2 Å². The van der Waals surface area contributed by atoms with E-state index in [2.05, 4.69) is 9.37 Å². The fourth-order valence-electron chi connectivity index (χ4n) is 1.70. The van der Waals surface area contributed by atoms with Gasteiger partial charge in [-0.15, -0.1) is 4.33 Å². The fraction of sp³-hybridized carbons (Fsp3) is 0. The molecule has 0 radical (unpaired) electrons. The lowest BCUT2D eigenvalue weighted by molar-refractivity contribution is -0.432. The molecule has 0 bridgehead atoms. The van der Waals surface area contributed by atoms with Crippen LogP contribution in [0.3, 0.4) is 0 Å². The van der Waals surface area contributed by atoms with Crippen molar-refractivity contribution in [3.05, 3.63) is 24.3 Å². The van der Waals surface area contributed by atoms with Gasteiger partial charge in [0.05, 0.1) is 16.9 Å². The van der Waals surface area contributed by atoms with Crippen LogP contribution in [0.5, 0.6) is 5.75 Å². The first-order valence-corrected chi connectivity index (χ1v) is 7.13. The maximum atomic E-state index is 11.9. The predicted molar refractivity (Wildman–Crippen MR) is 66.4 cm³/mol. The van der Waals surface area contributed by atoms with Crippen LogP contribution in [-0.4, -0.2) is 18.2 Å². The van der Waals surface area contributed by atoms with Gasteiger partial charge in [0.25, 0.3) is 0 Å². The minimum absolute atomic E-state index is 0.0895. The zero-order valence-corrected chi connectivity index (χ0v) is 11.2. The molecule has 10 heteroatoms. The van der Waals surface area contributed by atoms with Crippen molar-refractivity contribution < 1.29 is 32.7 Å². The van der Waals surface area contributed by atoms with Gasteiger partial charge in [0, 0.05) is 10.6 Å². The van der Waals surface area contributed by atoms with Crippen LogP contribution < -0.4 is 10.8 Å². The standard InChI is InChI=1S/C10H9NO7S2/c11-8-4-7(20(14,15)16)2-5-1-6(19-18-17-13)3-9(12)10(5)8/h1-4,12-13H,11H2,(H,14,15,16)/p-2. The molecule has 108 valence electrons. The molecule has 8 nitrogen and oxygen atoms in total. The summed E-state index contributed by atoms with van der Waals surface area (Å²) < 4.78 is 37.2. The summed E-state index contributed by atoms with van der Waals surface area (Å²) in [6.45, 7) is 0. The highest BCUT2D eigenvalue weighted by molar-refractivity contribution is 7.94. The molecule has 2 aromatic carbocycles. The lowest BCUT2D eigenvalue weighted by Crippen LogP contribution is -2.02. The van der Waals surface area contributed by atoms with Crippen LogP contribution in [0.15, 0.2) is 34.1 Å². The smallest absolute Gasteiger partial charge is 0.124 e. The highest BCUT2D eigenvalue weighted by Crippen LogP contribution is 2.35. The molecule has 0 spiro atoms. The van der Waals surface area contributed by atoms with Crippen molar-refractivity contribution in [1.82, 2.24) is 0 Å². The number of nitrogen functional groups attached to an aromatic ring is 1. The molecular formula is C10H7NO7S2-2. The number of benzene rings is 2. The van der Waals surface area contributed by atoms with Crippen LogP contribution in [0.1, 0.15) is 0 Å². The highest BCUT2D eigenvalue weighted by atomic mass is 32.2. The van der Waals surface area contributed by atoms with E-state index in [-0.39, 0.29) is 21.4 Å². The number of hydrogen-bond acceptors (Lipinski definition) is 9. The molecule has 3 N–H and O–H groups in total. The zero-order valence-electron chi connectivity index (χ0n) is 9.60. The minimum Gasteiger partial charge on any atom is -0.872 e. The molecule has 0 aliphatic rings. The Morgan fingerprint density at radius 1 is 1.25 bits per heavy atom. The molecule has 0 heterocycles. The van der Waals surface area contributed by atoms with Crippen molar-refractivity contribution in [3.8, 4) is 5.75 Å². The summed E-state index contributed by atoms with van der Waals surface area (Å²) in [6.07, 6.45) is 0. The van der Waals surface area contributed by atoms with Crippen LogP contribution in [0.25, 0.3) is 10.8 Å². The van der Waals surface area contributed by atoms with Gasteiger partial charge in [-0.3, -0.25) is 0 Å². The van der Waals surface area contributed by atoms with Crippen LogP contribution in [-0.2, 0) is 19.5 Å². The third-order valence-corrected chi connectivity index (χ3v) is 3.81. The molecule has 2 rings (SSSR count). The Morgan fingerprint density at radius 2 is 1.95 bits per heavy atom. The van der Waals surface area contributed by atoms with Gasteiger partial charge in [0.15, 0.2) is 0 Å². The molecule has 0 aliphatic carbocycles. The van der Waals surface area contributed by atoms with Crippen LogP contribution in [0, 0.1) is 0 Å². The molecule has 20 heavy (non-hydrogen) atoms. The largest absolute Gasteiger partial charge is 0.872 e. The van der Waals surface area contributed by atoms with E-state index in [1.54, 1.807) is 0 Å². The summed E-state index contributed by atoms with van der Waals surface area (Å²) in [7, 11) is -4.69. The summed E-state index contributed by atoms with van der Waals surface area (Å²) in [6, 6.07) is 4.50.